The average molecular weight is 477 g/mol. The molecule has 2 fully saturated rings. The Hall–Kier alpha value is -0.0800. The molecule has 2 rings (SSSR count). The van der Waals surface area contributed by atoms with Crippen molar-refractivity contribution in [2.45, 2.75) is 162 Å². The van der Waals surface area contributed by atoms with E-state index in [2.05, 4.69) is 37.9 Å². The lowest BCUT2D eigenvalue weighted by Crippen LogP contribution is -2.48. The minimum atomic E-state index is 0.743. The first-order chi connectivity index (χ1) is 16.6. The summed E-state index contributed by atoms with van der Waals surface area (Å²) >= 11 is 0. The Balaban J connectivity index is 1.60. The first-order valence-electron chi connectivity index (χ1n) is 16.1. The molecule has 202 valence electrons. The van der Waals surface area contributed by atoms with Crippen LogP contribution in [-0.4, -0.2) is 37.1 Å². The molecule has 1 aliphatic heterocycles. The van der Waals surface area contributed by atoms with Crippen molar-refractivity contribution in [3.05, 3.63) is 0 Å². The average Bonchev–Trinajstić information content (AvgIpc) is 2.82. The Morgan fingerprint density at radius 1 is 0.706 bits per heavy atom. The number of unbranched alkanes of at least 4 members (excludes halogenated alkanes) is 6. The van der Waals surface area contributed by atoms with Crippen LogP contribution in [0.1, 0.15) is 156 Å². The zero-order valence-corrected chi connectivity index (χ0v) is 24.1. The molecular formula is C32H64N2. The molecule has 0 unspecified atom stereocenters. The van der Waals surface area contributed by atoms with Crippen molar-refractivity contribution in [2.75, 3.05) is 26.2 Å². The SMILES string of the molecule is CCCCCCC(CCCCCC)CCN1CCC2(CC1)CC(CCNC(CCC)CCC)C2. The van der Waals surface area contributed by atoms with E-state index in [0.717, 1.165) is 23.3 Å². The highest BCUT2D eigenvalue weighted by atomic mass is 15.1. The van der Waals surface area contributed by atoms with E-state index < -0.39 is 0 Å². The van der Waals surface area contributed by atoms with Gasteiger partial charge in [0.1, 0.15) is 0 Å². The van der Waals surface area contributed by atoms with Crippen molar-refractivity contribution in [2.24, 2.45) is 17.3 Å². The summed E-state index contributed by atoms with van der Waals surface area (Å²) in [6.45, 7) is 14.7. The molecule has 1 spiro atoms. The summed E-state index contributed by atoms with van der Waals surface area (Å²) in [6.07, 6.45) is 28.8. The predicted molar refractivity (Wildman–Crippen MR) is 153 cm³/mol. The van der Waals surface area contributed by atoms with Crippen LogP contribution in [0.4, 0.5) is 0 Å². The first kappa shape index (κ1) is 30.1. The minimum absolute atomic E-state index is 0.743. The topological polar surface area (TPSA) is 15.3 Å². The standard InChI is InChI=1S/C32H64N2/c1-5-9-11-13-17-29(18-14-12-10-6-2)20-24-34-25-21-32(22-26-34)27-30(28-32)19-23-33-31(15-7-3)16-8-4/h29-31,33H,5-28H2,1-4H3. The van der Waals surface area contributed by atoms with Gasteiger partial charge in [0.15, 0.2) is 0 Å². The van der Waals surface area contributed by atoms with Gasteiger partial charge in [-0.1, -0.05) is 105 Å². The maximum atomic E-state index is 3.88. The monoisotopic (exact) mass is 477 g/mol. The van der Waals surface area contributed by atoms with Gasteiger partial charge in [-0.05, 0) is 94.8 Å². The number of hydrogen-bond acceptors (Lipinski definition) is 2. The van der Waals surface area contributed by atoms with E-state index >= 15 is 0 Å². The number of nitrogens with zero attached hydrogens (tertiary/aromatic N) is 1. The van der Waals surface area contributed by atoms with Crippen molar-refractivity contribution < 1.29 is 0 Å². The molecule has 1 heterocycles. The van der Waals surface area contributed by atoms with Gasteiger partial charge < -0.3 is 10.2 Å². The molecule has 2 nitrogen and oxygen atoms in total. The van der Waals surface area contributed by atoms with Gasteiger partial charge in [-0.3, -0.25) is 0 Å². The lowest BCUT2D eigenvalue weighted by Gasteiger charge is -2.52. The van der Waals surface area contributed by atoms with E-state index in [0.29, 0.717) is 0 Å². The molecule has 1 aliphatic carbocycles. The van der Waals surface area contributed by atoms with Crippen LogP contribution in [0.15, 0.2) is 0 Å². The van der Waals surface area contributed by atoms with Gasteiger partial charge in [0, 0.05) is 6.04 Å². The van der Waals surface area contributed by atoms with Crippen LogP contribution in [0.5, 0.6) is 0 Å². The lowest BCUT2D eigenvalue weighted by atomic mass is 9.57. The second kappa shape index (κ2) is 18.2. The van der Waals surface area contributed by atoms with Crippen molar-refractivity contribution in [3.8, 4) is 0 Å². The highest BCUT2D eigenvalue weighted by molar-refractivity contribution is 4.97. The van der Waals surface area contributed by atoms with Crippen molar-refractivity contribution >= 4 is 0 Å². The summed E-state index contributed by atoms with van der Waals surface area (Å²) in [6, 6.07) is 0.773. The van der Waals surface area contributed by atoms with Gasteiger partial charge >= 0.3 is 0 Å². The molecule has 0 aromatic carbocycles. The van der Waals surface area contributed by atoms with Gasteiger partial charge in [-0.15, -0.1) is 0 Å². The van der Waals surface area contributed by atoms with Crippen molar-refractivity contribution in [1.82, 2.24) is 10.2 Å². The third-order valence-corrected chi connectivity index (χ3v) is 9.41. The minimum Gasteiger partial charge on any atom is -0.314 e. The van der Waals surface area contributed by atoms with Crippen LogP contribution in [0.25, 0.3) is 0 Å². The first-order valence-corrected chi connectivity index (χ1v) is 16.1. The maximum absolute atomic E-state index is 3.88. The van der Waals surface area contributed by atoms with E-state index in [9.17, 15) is 0 Å². The number of hydrogen-bond donors (Lipinski definition) is 1. The summed E-state index contributed by atoms with van der Waals surface area (Å²) in [7, 11) is 0. The van der Waals surface area contributed by atoms with E-state index in [1.807, 2.05) is 0 Å². The molecule has 34 heavy (non-hydrogen) atoms. The largest absolute Gasteiger partial charge is 0.314 e. The second-order valence-electron chi connectivity index (χ2n) is 12.5. The second-order valence-corrected chi connectivity index (χ2v) is 12.5. The van der Waals surface area contributed by atoms with Gasteiger partial charge in [0.2, 0.25) is 0 Å². The molecule has 2 heteroatoms. The molecule has 0 aromatic rings. The zero-order valence-electron chi connectivity index (χ0n) is 24.1. The maximum Gasteiger partial charge on any atom is 0.00668 e. The molecule has 2 aliphatic rings. The number of piperidine rings is 1. The van der Waals surface area contributed by atoms with Gasteiger partial charge in [0.25, 0.3) is 0 Å². The van der Waals surface area contributed by atoms with Gasteiger partial charge in [-0.2, -0.15) is 0 Å². The third kappa shape index (κ3) is 11.8. The van der Waals surface area contributed by atoms with Gasteiger partial charge in [0.05, 0.1) is 0 Å². The molecule has 0 bridgehead atoms. The molecule has 0 aromatic heterocycles. The summed E-state index contributed by atoms with van der Waals surface area (Å²) < 4.78 is 0. The Bertz CT molecular complexity index is 442. The summed E-state index contributed by atoms with van der Waals surface area (Å²) in [5, 5.41) is 3.88. The number of nitrogens with one attached hydrogen (secondary N) is 1. The van der Waals surface area contributed by atoms with Crippen LogP contribution in [-0.2, 0) is 0 Å². The molecule has 0 atom stereocenters. The smallest absolute Gasteiger partial charge is 0.00668 e. The molecular weight excluding hydrogens is 412 g/mol. The number of likely N-dealkylation sites (tertiary alicyclic amines) is 1. The lowest BCUT2D eigenvalue weighted by molar-refractivity contribution is -0.0171. The molecule has 1 N–H and O–H groups in total. The van der Waals surface area contributed by atoms with E-state index in [4.69, 9.17) is 0 Å². The molecule has 1 saturated carbocycles. The molecule has 1 saturated heterocycles. The van der Waals surface area contributed by atoms with E-state index in [-0.39, 0.29) is 0 Å². The van der Waals surface area contributed by atoms with E-state index in [1.165, 1.54) is 155 Å². The third-order valence-electron chi connectivity index (χ3n) is 9.41. The van der Waals surface area contributed by atoms with Gasteiger partial charge in [-0.25, -0.2) is 0 Å². The van der Waals surface area contributed by atoms with Crippen LogP contribution < -0.4 is 5.32 Å². The normalized spacial score (nSPS) is 18.9. The predicted octanol–water partition coefficient (Wildman–Crippen LogP) is 9.37. The highest BCUT2D eigenvalue weighted by Gasteiger charge is 2.45. The van der Waals surface area contributed by atoms with Crippen LogP contribution in [0, 0.1) is 17.3 Å². The highest BCUT2D eigenvalue weighted by Crippen LogP contribution is 2.53. The Labute approximate surface area is 215 Å². The Morgan fingerprint density at radius 2 is 1.29 bits per heavy atom. The molecule has 0 radical (unpaired) electrons. The summed E-state index contributed by atoms with van der Waals surface area (Å²) in [5.41, 5.74) is 0.743. The van der Waals surface area contributed by atoms with Crippen LogP contribution >= 0.6 is 0 Å². The van der Waals surface area contributed by atoms with Crippen molar-refractivity contribution in [3.63, 3.8) is 0 Å². The van der Waals surface area contributed by atoms with Crippen LogP contribution in [0.2, 0.25) is 0 Å². The summed E-state index contributed by atoms with van der Waals surface area (Å²) in [4.78, 5) is 2.84. The number of rotatable bonds is 21. The molecule has 0 amide bonds. The quantitative estimate of drug-likeness (QED) is 0.166. The zero-order chi connectivity index (χ0) is 24.5. The fourth-order valence-corrected chi connectivity index (χ4v) is 7.08. The fraction of sp³-hybridized carbons (Fsp3) is 1.00. The summed E-state index contributed by atoms with van der Waals surface area (Å²) in [5.74, 6) is 2.01. The fourth-order valence-electron chi connectivity index (χ4n) is 7.08. The van der Waals surface area contributed by atoms with E-state index in [1.54, 1.807) is 0 Å². The van der Waals surface area contributed by atoms with Crippen LogP contribution in [0.3, 0.4) is 0 Å². The van der Waals surface area contributed by atoms with Crippen molar-refractivity contribution in [1.29, 1.82) is 0 Å². The Kier molecular flexibility index (Phi) is 16.1. The Morgan fingerprint density at radius 3 is 1.82 bits per heavy atom.